The normalized spacial score (nSPS) is 10.2. The Kier molecular flexibility index (Phi) is 7.59. The predicted molar refractivity (Wildman–Crippen MR) is 95.5 cm³/mol. The lowest BCUT2D eigenvalue weighted by atomic mass is 10.3. The Morgan fingerprint density at radius 3 is 2.32 bits per heavy atom. The Hall–Kier alpha value is -2.73. The molecular weight excluding hydrogens is 322 g/mol. The molecule has 0 saturated heterocycles. The van der Waals surface area contributed by atoms with Crippen LogP contribution in [0.1, 0.15) is 6.92 Å². The van der Waals surface area contributed by atoms with E-state index in [0.29, 0.717) is 37.0 Å². The van der Waals surface area contributed by atoms with Crippen LogP contribution in [0.2, 0.25) is 0 Å². The number of amides is 1. The van der Waals surface area contributed by atoms with Gasteiger partial charge in [0.2, 0.25) is 0 Å². The maximum absolute atomic E-state index is 12.0. The second kappa shape index (κ2) is 10.2. The SMILES string of the molecule is CCOCCOc1ccc(OCC(=O)Nc2ccccc2OC)cc1. The van der Waals surface area contributed by atoms with Crippen LogP contribution < -0.4 is 19.5 Å². The number of methoxy groups -OCH3 is 1. The highest BCUT2D eigenvalue weighted by Crippen LogP contribution is 2.23. The monoisotopic (exact) mass is 345 g/mol. The van der Waals surface area contributed by atoms with Gasteiger partial charge in [-0.2, -0.15) is 0 Å². The van der Waals surface area contributed by atoms with Crippen molar-refractivity contribution in [3.05, 3.63) is 48.5 Å². The second-order valence-corrected chi connectivity index (χ2v) is 5.05. The van der Waals surface area contributed by atoms with E-state index < -0.39 is 0 Å². The third-order valence-corrected chi connectivity index (χ3v) is 3.28. The first-order valence-electron chi connectivity index (χ1n) is 8.09. The molecule has 6 heteroatoms. The summed E-state index contributed by atoms with van der Waals surface area (Å²) in [5.41, 5.74) is 0.608. The number of para-hydroxylation sites is 2. The molecule has 0 aromatic heterocycles. The summed E-state index contributed by atoms with van der Waals surface area (Å²) in [6.07, 6.45) is 0. The van der Waals surface area contributed by atoms with Gasteiger partial charge in [0.05, 0.1) is 19.4 Å². The zero-order valence-corrected chi connectivity index (χ0v) is 14.5. The molecule has 2 aromatic carbocycles. The number of carbonyl (C=O) groups is 1. The van der Waals surface area contributed by atoms with Crippen molar-refractivity contribution in [2.24, 2.45) is 0 Å². The average molecular weight is 345 g/mol. The van der Waals surface area contributed by atoms with E-state index in [2.05, 4.69) is 5.32 Å². The summed E-state index contributed by atoms with van der Waals surface area (Å²) >= 11 is 0. The first-order chi connectivity index (χ1) is 12.2. The van der Waals surface area contributed by atoms with E-state index in [0.717, 1.165) is 5.75 Å². The molecule has 134 valence electrons. The van der Waals surface area contributed by atoms with Gasteiger partial charge in [0.1, 0.15) is 23.9 Å². The standard InChI is InChI=1S/C19H23NO5/c1-3-23-12-13-24-15-8-10-16(11-9-15)25-14-19(21)20-17-6-4-5-7-18(17)22-2/h4-11H,3,12-14H2,1-2H3,(H,20,21). The molecule has 0 aliphatic rings. The lowest BCUT2D eigenvalue weighted by molar-refractivity contribution is -0.118. The van der Waals surface area contributed by atoms with E-state index in [-0.39, 0.29) is 12.5 Å². The van der Waals surface area contributed by atoms with Gasteiger partial charge in [-0.1, -0.05) is 12.1 Å². The van der Waals surface area contributed by atoms with E-state index in [1.165, 1.54) is 0 Å². The van der Waals surface area contributed by atoms with Crippen LogP contribution in [0.25, 0.3) is 0 Å². The molecule has 6 nitrogen and oxygen atoms in total. The Balaban J connectivity index is 1.77. The average Bonchev–Trinajstić information content (AvgIpc) is 2.65. The van der Waals surface area contributed by atoms with E-state index in [1.807, 2.05) is 19.1 Å². The number of ether oxygens (including phenoxy) is 4. The fourth-order valence-corrected chi connectivity index (χ4v) is 2.08. The Labute approximate surface area is 147 Å². The smallest absolute Gasteiger partial charge is 0.262 e. The maximum atomic E-state index is 12.0. The van der Waals surface area contributed by atoms with Gasteiger partial charge in [-0.05, 0) is 43.3 Å². The molecule has 0 unspecified atom stereocenters. The molecule has 0 aliphatic carbocycles. The second-order valence-electron chi connectivity index (χ2n) is 5.05. The van der Waals surface area contributed by atoms with Crippen molar-refractivity contribution >= 4 is 11.6 Å². The zero-order valence-electron chi connectivity index (χ0n) is 14.5. The number of nitrogens with one attached hydrogen (secondary N) is 1. The highest BCUT2D eigenvalue weighted by atomic mass is 16.5. The lowest BCUT2D eigenvalue weighted by Crippen LogP contribution is -2.20. The minimum Gasteiger partial charge on any atom is -0.495 e. The van der Waals surface area contributed by atoms with Crippen LogP contribution in [0.3, 0.4) is 0 Å². The molecule has 2 aromatic rings. The molecule has 1 N–H and O–H groups in total. The summed E-state index contributed by atoms with van der Waals surface area (Å²) in [4.78, 5) is 12.0. The van der Waals surface area contributed by atoms with Gasteiger partial charge in [-0.3, -0.25) is 4.79 Å². The largest absolute Gasteiger partial charge is 0.495 e. The molecule has 0 saturated carbocycles. The predicted octanol–water partition coefficient (Wildman–Crippen LogP) is 3.13. The Morgan fingerprint density at radius 2 is 1.64 bits per heavy atom. The van der Waals surface area contributed by atoms with Crippen LogP contribution in [0.5, 0.6) is 17.2 Å². The highest BCUT2D eigenvalue weighted by Gasteiger charge is 2.07. The number of benzene rings is 2. The third kappa shape index (κ3) is 6.35. The van der Waals surface area contributed by atoms with Gasteiger partial charge in [0.25, 0.3) is 5.91 Å². The molecule has 2 rings (SSSR count). The van der Waals surface area contributed by atoms with Crippen LogP contribution in [0.15, 0.2) is 48.5 Å². The topological polar surface area (TPSA) is 66.0 Å². The first kappa shape index (κ1) is 18.6. The van der Waals surface area contributed by atoms with E-state index in [1.54, 1.807) is 43.5 Å². The molecule has 1 amide bonds. The van der Waals surface area contributed by atoms with Crippen molar-refractivity contribution in [2.75, 3.05) is 38.9 Å². The molecule has 0 atom stereocenters. The number of rotatable bonds is 10. The van der Waals surface area contributed by atoms with E-state index in [4.69, 9.17) is 18.9 Å². The Bertz CT molecular complexity index is 657. The van der Waals surface area contributed by atoms with Gasteiger partial charge in [-0.25, -0.2) is 0 Å². The van der Waals surface area contributed by atoms with Crippen molar-refractivity contribution in [2.45, 2.75) is 6.92 Å². The van der Waals surface area contributed by atoms with Crippen molar-refractivity contribution in [3.63, 3.8) is 0 Å². The number of hydrogen-bond donors (Lipinski definition) is 1. The van der Waals surface area contributed by atoms with Gasteiger partial charge in [-0.15, -0.1) is 0 Å². The van der Waals surface area contributed by atoms with Crippen LogP contribution in [-0.4, -0.2) is 39.4 Å². The first-order valence-corrected chi connectivity index (χ1v) is 8.09. The van der Waals surface area contributed by atoms with Gasteiger partial charge in [0, 0.05) is 6.61 Å². The summed E-state index contributed by atoms with van der Waals surface area (Å²) in [6.45, 7) is 3.57. The van der Waals surface area contributed by atoms with Crippen molar-refractivity contribution in [3.8, 4) is 17.2 Å². The van der Waals surface area contributed by atoms with Gasteiger partial charge < -0.3 is 24.3 Å². The van der Waals surface area contributed by atoms with Crippen molar-refractivity contribution < 1.29 is 23.7 Å². The summed E-state index contributed by atoms with van der Waals surface area (Å²) in [6, 6.07) is 14.3. The summed E-state index contributed by atoms with van der Waals surface area (Å²) in [7, 11) is 1.56. The molecule has 25 heavy (non-hydrogen) atoms. The van der Waals surface area contributed by atoms with Crippen LogP contribution in [-0.2, 0) is 9.53 Å². The summed E-state index contributed by atoms with van der Waals surface area (Å²) in [5.74, 6) is 1.66. The molecule has 0 heterocycles. The molecule has 0 aliphatic heterocycles. The fraction of sp³-hybridized carbons (Fsp3) is 0.316. The van der Waals surface area contributed by atoms with Gasteiger partial charge in [0.15, 0.2) is 6.61 Å². The van der Waals surface area contributed by atoms with Gasteiger partial charge >= 0.3 is 0 Å². The molecule has 0 bridgehead atoms. The minimum absolute atomic E-state index is 0.0947. The summed E-state index contributed by atoms with van der Waals surface area (Å²) < 4.78 is 21.4. The molecular formula is C19H23NO5. The minimum atomic E-state index is -0.262. The number of hydrogen-bond acceptors (Lipinski definition) is 5. The molecule has 0 fully saturated rings. The molecule has 0 radical (unpaired) electrons. The van der Waals surface area contributed by atoms with Crippen LogP contribution in [0, 0.1) is 0 Å². The highest BCUT2D eigenvalue weighted by molar-refractivity contribution is 5.93. The Morgan fingerprint density at radius 1 is 0.960 bits per heavy atom. The van der Waals surface area contributed by atoms with Crippen LogP contribution >= 0.6 is 0 Å². The quantitative estimate of drug-likeness (QED) is 0.670. The van der Waals surface area contributed by atoms with Crippen molar-refractivity contribution in [1.29, 1.82) is 0 Å². The number of carbonyl (C=O) groups excluding carboxylic acids is 1. The van der Waals surface area contributed by atoms with Crippen LogP contribution in [0.4, 0.5) is 5.69 Å². The summed E-state index contributed by atoms with van der Waals surface area (Å²) in [5, 5.41) is 2.76. The zero-order chi connectivity index (χ0) is 17.9. The third-order valence-electron chi connectivity index (χ3n) is 3.28. The van der Waals surface area contributed by atoms with E-state index >= 15 is 0 Å². The lowest BCUT2D eigenvalue weighted by Gasteiger charge is -2.11. The maximum Gasteiger partial charge on any atom is 0.262 e. The van der Waals surface area contributed by atoms with E-state index in [9.17, 15) is 4.79 Å². The fourth-order valence-electron chi connectivity index (χ4n) is 2.08. The van der Waals surface area contributed by atoms with Crippen molar-refractivity contribution in [1.82, 2.24) is 0 Å². The number of anilines is 1. The molecule has 0 spiro atoms.